The molecular formula is C11H20N2O2. The summed E-state index contributed by atoms with van der Waals surface area (Å²) in [6.07, 6.45) is 4.98. The minimum atomic E-state index is -0.165. The fraction of sp³-hybridized carbons (Fsp3) is 0.909. The molecule has 0 spiro atoms. The van der Waals surface area contributed by atoms with Crippen molar-refractivity contribution in [2.45, 2.75) is 43.8 Å². The fourth-order valence-corrected chi connectivity index (χ4v) is 2.88. The van der Waals surface area contributed by atoms with E-state index in [-0.39, 0.29) is 5.97 Å². The van der Waals surface area contributed by atoms with Crippen molar-refractivity contribution in [3.05, 3.63) is 0 Å². The molecule has 2 heterocycles. The number of hydrogen-bond acceptors (Lipinski definition) is 4. The Balaban J connectivity index is 1.79. The lowest BCUT2D eigenvalue weighted by Gasteiger charge is -2.36. The molecule has 4 heteroatoms. The van der Waals surface area contributed by atoms with Crippen LogP contribution in [-0.2, 0) is 9.53 Å². The quantitative estimate of drug-likeness (QED) is 0.686. The van der Waals surface area contributed by atoms with Crippen molar-refractivity contribution >= 4 is 5.97 Å². The Morgan fingerprint density at radius 3 is 2.53 bits per heavy atom. The molecule has 0 aromatic carbocycles. The number of nitrogens with zero attached hydrogens (tertiary/aromatic N) is 1. The van der Waals surface area contributed by atoms with Crippen LogP contribution in [0.15, 0.2) is 0 Å². The maximum absolute atomic E-state index is 11.0. The van der Waals surface area contributed by atoms with Gasteiger partial charge < -0.3 is 15.0 Å². The van der Waals surface area contributed by atoms with Gasteiger partial charge in [-0.3, -0.25) is 4.79 Å². The second-order valence-corrected chi connectivity index (χ2v) is 4.68. The molecule has 0 aliphatic carbocycles. The Morgan fingerprint density at radius 2 is 2.00 bits per heavy atom. The number of piperidine rings is 1. The summed E-state index contributed by atoms with van der Waals surface area (Å²) in [5, 5.41) is 3.29. The normalized spacial score (nSPS) is 35.5. The zero-order valence-corrected chi connectivity index (χ0v) is 9.53. The Kier molecular flexibility index (Phi) is 3.26. The molecule has 15 heavy (non-hydrogen) atoms. The van der Waals surface area contributed by atoms with Crippen LogP contribution in [-0.4, -0.2) is 49.7 Å². The van der Waals surface area contributed by atoms with Gasteiger partial charge in [-0.25, -0.2) is 0 Å². The van der Waals surface area contributed by atoms with Crippen molar-refractivity contribution in [1.82, 2.24) is 10.2 Å². The standard InChI is InChI=1S/C11H20N2O2/c1-13-9-3-4-10(13)6-8(5-9)12-7-11(14)15-2/h8-10,12H,3-7H2,1-2H3. The Morgan fingerprint density at radius 1 is 1.40 bits per heavy atom. The van der Waals surface area contributed by atoms with Gasteiger partial charge in [-0.2, -0.15) is 0 Å². The molecule has 2 rings (SSSR count). The predicted octanol–water partition coefficient (Wildman–Crippen LogP) is 0.374. The van der Waals surface area contributed by atoms with Crippen LogP contribution in [0, 0.1) is 0 Å². The van der Waals surface area contributed by atoms with Gasteiger partial charge in [0.05, 0.1) is 13.7 Å². The van der Waals surface area contributed by atoms with E-state index in [0.717, 1.165) is 12.1 Å². The van der Waals surface area contributed by atoms with Gasteiger partial charge in [0.15, 0.2) is 0 Å². The largest absolute Gasteiger partial charge is 0.468 e. The molecular weight excluding hydrogens is 192 g/mol. The van der Waals surface area contributed by atoms with Crippen molar-refractivity contribution in [2.24, 2.45) is 0 Å². The first-order valence-electron chi connectivity index (χ1n) is 5.73. The number of rotatable bonds is 3. The van der Waals surface area contributed by atoms with Crippen LogP contribution < -0.4 is 5.32 Å². The van der Waals surface area contributed by atoms with Gasteiger partial charge in [0, 0.05) is 18.1 Å². The third-order valence-corrected chi connectivity index (χ3v) is 3.86. The average Bonchev–Trinajstić information content (AvgIpc) is 2.50. The molecule has 86 valence electrons. The third kappa shape index (κ3) is 2.32. The van der Waals surface area contributed by atoms with Crippen molar-refractivity contribution in [3.8, 4) is 0 Å². The lowest BCUT2D eigenvalue weighted by molar-refractivity contribution is -0.139. The molecule has 2 aliphatic heterocycles. The molecule has 2 atom stereocenters. The number of hydrogen-bond donors (Lipinski definition) is 1. The van der Waals surface area contributed by atoms with Crippen LogP contribution in [0.2, 0.25) is 0 Å². The summed E-state index contributed by atoms with van der Waals surface area (Å²) in [5.41, 5.74) is 0. The first-order chi connectivity index (χ1) is 7.20. The molecule has 2 fully saturated rings. The Labute approximate surface area is 91.0 Å². The van der Waals surface area contributed by atoms with Crippen molar-refractivity contribution in [1.29, 1.82) is 0 Å². The summed E-state index contributed by atoms with van der Waals surface area (Å²) in [5.74, 6) is -0.165. The summed E-state index contributed by atoms with van der Waals surface area (Å²) >= 11 is 0. The monoisotopic (exact) mass is 212 g/mol. The number of fused-ring (bicyclic) bond motifs is 2. The second-order valence-electron chi connectivity index (χ2n) is 4.68. The maximum atomic E-state index is 11.0. The zero-order chi connectivity index (χ0) is 10.8. The van der Waals surface area contributed by atoms with Crippen LogP contribution in [0.3, 0.4) is 0 Å². The van der Waals surface area contributed by atoms with E-state index in [9.17, 15) is 4.79 Å². The minimum Gasteiger partial charge on any atom is -0.468 e. The highest BCUT2D eigenvalue weighted by molar-refractivity contribution is 5.71. The molecule has 0 radical (unpaired) electrons. The van der Waals surface area contributed by atoms with E-state index in [1.807, 2.05) is 0 Å². The van der Waals surface area contributed by atoms with E-state index in [4.69, 9.17) is 0 Å². The van der Waals surface area contributed by atoms with Crippen LogP contribution >= 0.6 is 0 Å². The molecule has 2 aliphatic rings. The first-order valence-corrected chi connectivity index (χ1v) is 5.73. The van der Waals surface area contributed by atoms with Crippen molar-refractivity contribution in [2.75, 3.05) is 20.7 Å². The molecule has 4 nitrogen and oxygen atoms in total. The minimum absolute atomic E-state index is 0.165. The molecule has 1 N–H and O–H groups in total. The van der Waals surface area contributed by atoms with Crippen LogP contribution in [0.25, 0.3) is 0 Å². The van der Waals surface area contributed by atoms with Crippen LogP contribution in [0.4, 0.5) is 0 Å². The SMILES string of the molecule is COC(=O)CNC1CC2CCC(C1)N2C. The molecule has 2 saturated heterocycles. The average molecular weight is 212 g/mol. The summed E-state index contributed by atoms with van der Waals surface area (Å²) in [6, 6.07) is 1.94. The topological polar surface area (TPSA) is 41.6 Å². The Hall–Kier alpha value is -0.610. The van der Waals surface area contributed by atoms with Gasteiger partial charge >= 0.3 is 5.97 Å². The van der Waals surface area contributed by atoms with E-state index in [0.29, 0.717) is 12.6 Å². The molecule has 2 unspecified atom stereocenters. The summed E-state index contributed by atoms with van der Waals surface area (Å²) in [7, 11) is 3.65. The highest BCUT2D eigenvalue weighted by atomic mass is 16.5. The number of ether oxygens (including phenoxy) is 1. The first kappa shape index (κ1) is 10.9. The van der Waals surface area contributed by atoms with Gasteiger partial charge in [-0.15, -0.1) is 0 Å². The molecule has 2 bridgehead atoms. The summed E-state index contributed by atoms with van der Waals surface area (Å²) in [6.45, 7) is 0.352. The van der Waals surface area contributed by atoms with Gasteiger partial charge in [0.1, 0.15) is 0 Å². The lowest BCUT2D eigenvalue weighted by Crippen LogP contribution is -2.48. The summed E-state index contributed by atoms with van der Waals surface area (Å²) < 4.78 is 4.62. The summed E-state index contributed by atoms with van der Waals surface area (Å²) in [4.78, 5) is 13.5. The van der Waals surface area contributed by atoms with Crippen molar-refractivity contribution < 1.29 is 9.53 Å². The fourth-order valence-electron chi connectivity index (χ4n) is 2.88. The van der Waals surface area contributed by atoms with Crippen LogP contribution in [0.1, 0.15) is 25.7 Å². The van der Waals surface area contributed by atoms with E-state index < -0.39 is 0 Å². The van der Waals surface area contributed by atoms with Gasteiger partial charge in [0.25, 0.3) is 0 Å². The van der Waals surface area contributed by atoms with E-state index >= 15 is 0 Å². The lowest BCUT2D eigenvalue weighted by atomic mass is 9.98. The van der Waals surface area contributed by atoms with E-state index in [1.54, 1.807) is 0 Å². The smallest absolute Gasteiger partial charge is 0.319 e. The second kappa shape index (κ2) is 4.49. The van der Waals surface area contributed by atoms with Gasteiger partial charge in [-0.05, 0) is 32.7 Å². The van der Waals surface area contributed by atoms with Gasteiger partial charge in [0.2, 0.25) is 0 Å². The van der Waals surface area contributed by atoms with E-state index in [1.165, 1.54) is 32.8 Å². The molecule has 0 aromatic heterocycles. The number of carbonyl (C=O) groups excluding carboxylic acids is 1. The number of esters is 1. The highest BCUT2D eigenvalue weighted by Gasteiger charge is 2.38. The molecule has 0 amide bonds. The predicted molar refractivity (Wildman–Crippen MR) is 57.6 cm³/mol. The van der Waals surface area contributed by atoms with E-state index in [2.05, 4.69) is 22.0 Å². The third-order valence-electron chi connectivity index (χ3n) is 3.86. The Bertz CT molecular complexity index is 231. The molecule has 0 saturated carbocycles. The number of carbonyl (C=O) groups is 1. The highest BCUT2D eigenvalue weighted by Crippen LogP contribution is 2.33. The maximum Gasteiger partial charge on any atom is 0.319 e. The molecule has 0 aromatic rings. The zero-order valence-electron chi connectivity index (χ0n) is 9.53. The van der Waals surface area contributed by atoms with Gasteiger partial charge in [-0.1, -0.05) is 0 Å². The van der Waals surface area contributed by atoms with Crippen molar-refractivity contribution in [3.63, 3.8) is 0 Å². The number of nitrogens with one attached hydrogen (secondary N) is 1. The number of methoxy groups -OCH3 is 1. The van der Waals surface area contributed by atoms with Crippen LogP contribution in [0.5, 0.6) is 0 Å².